The lowest BCUT2D eigenvalue weighted by atomic mass is 10.1. The van der Waals surface area contributed by atoms with Gasteiger partial charge in [0.2, 0.25) is 0 Å². The first-order valence-electron chi connectivity index (χ1n) is 8.53. The molecule has 0 unspecified atom stereocenters. The minimum absolute atomic E-state index is 0.0900. The molecule has 0 aliphatic carbocycles. The van der Waals surface area contributed by atoms with E-state index in [0.29, 0.717) is 6.54 Å². The van der Waals surface area contributed by atoms with Gasteiger partial charge in [0.25, 0.3) is 11.8 Å². The maximum atomic E-state index is 12.0. The van der Waals surface area contributed by atoms with E-state index in [2.05, 4.69) is 39.5 Å². The molecule has 2 aromatic carbocycles. The Labute approximate surface area is 155 Å². The summed E-state index contributed by atoms with van der Waals surface area (Å²) in [4.78, 5) is 35.3. The Morgan fingerprint density at radius 1 is 0.926 bits per heavy atom. The Kier molecular flexibility index (Phi) is 4.08. The van der Waals surface area contributed by atoms with E-state index in [1.807, 2.05) is 37.4 Å². The van der Waals surface area contributed by atoms with Gasteiger partial charge >= 0.3 is 6.03 Å². The molecule has 0 radical (unpaired) electrons. The zero-order valence-electron chi connectivity index (χ0n) is 14.7. The van der Waals surface area contributed by atoms with E-state index in [1.165, 1.54) is 11.6 Å². The number of rotatable bonds is 3. The summed E-state index contributed by atoms with van der Waals surface area (Å²) in [6.45, 7) is 2.71. The second-order valence-corrected chi connectivity index (χ2v) is 6.51. The molecule has 0 spiro atoms. The SMILES string of the molecule is Cc1ccc(Cn2cc(C=C3C(=O)NC(=O)NC3=O)c3ccccc32)cc1. The van der Waals surface area contributed by atoms with Gasteiger partial charge in [-0.15, -0.1) is 0 Å². The summed E-state index contributed by atoms with van der Waals surface area (Å²) in [6.07, 6.45) is 3.43. The zero-order valence-corrected chi connectivity index (χ0v) is 14.7. The summed E-state index contributed by atoms with van der Waals surface area (Å²) in [7, 11) is 0. The first-order chi connectivity index (χ1) is 13.0. The Morgan fingerprint density at radius 2 is 1.59 bits per heavy atom. The van der Waals surface area contributed by atoms with Crippen molar-refractivity contribution in [1.29, 1.82) is 0 Å². The van der Waals surface area contributed by atoms with E-state index in [1.54, 1.807) is 0 Å². The quantitative estimate of drug-likeness (QED) is 0.557. The van der Waals surface area contributed by atoms with E-state index in [4.69, 9.17) is 0 Å². The summed E-state index contributed by atoms with van der Waals surface area (Å²) in [6, 6.07) is 15.3. The number of para-hydroxylation sites is 1. The molecule has 2 N–H and O–H groups in total. The number of amides is 4. The number of hydrogen-bond acceptors (Lipinski definition) is 3. The van der Waals surface area contributed by atoms with Gasteiger partial charge in [-0.05, 0) is 24.6 Å². The number of carbonyl (C=O) groups is 3. The van der Waals surface area contributed by atoms with E-state index in [-0.39, 0.29) is 5.57 Å². The molecule has 1 saturated heterocycles. The average Bonchev–Trinajstić information content (AvgIpc) is 2.98. The molecule has 1 aliphatic heterocycles. The number of imide groups is 2. The van der Waals surface area contributed by atoms with Crippen LogP contribution in [0.2, 0.25) is 0 Å². The summed E-state index contributed by atoms with van der Waals surface area (Å²) in [5.74, 6) is -1.39. The summed E-state index contributed by atoms with van der Waals surface area (Å²) in [5.41, 5.74) is 4.00. The van der Waals surface area contributed by atoms with Gasteiger partial charge in [0.15, 0.2) is 0 Å². The molecule has 134 valence electrons. The van der Waals surface area contributed by atoms with Crippen molar-refractivity contribution in [3.63, 3.8) is 0 Å². The number of carbonyl (C=O) groups excluding carboxylic acids is 3. The lowest BCUT2D eigenvalue weighted by molar-refractivity contribution is -0.123. The average molecular weight is 359 g/mol. The number of urea groups is 1. The Bertz CT molecular complexity index is 1090. The number of nitrogens with one attached hydrogen (secondary N) is 2. The predicted octanol–water partition coefficient (Wildman–Crippen LogP) is 2.75. The molecule has 0 bridgehead atoms. The van der Waals surface area contributed by atoms with Gasteiger partial charge in [-0.1, -0.05) is 48.0 Å². The van der Waals surface area contributed by atoms with Crippen LogP contribution >= 0.6 is 0 Å². The van der Waals surface area contributed by atoms with Crippen LogP contribution in [0.4, 0.5) is 4.79 Å². The van der Waals surface area contributed by atoms with Crippen LogP contribution in [0.5, 0.6) is 0 Å². The van der Waals surface area contributed by atoms with Crippen LogP contribution in [0.15, 0.2) is 60.3 Å². The molecular weight excluding hydrogens is 342 g/mol. The predicted molar refractivity (Wildman–Crippen MR) is 102 cm³/mol. The summed E-state index contributed by atoms with van der Waals surface area (Å²) >= 11 is 0. The second-order valence-electron chi connectivity index (χ2n) is 6.51. The van der Waals surface area contributed by atoms with E-state index < -0.39 is 17.8 Å². The first-order valence-corrected chi connectivity index (χ1v) is 8.53. The molecule has 6 heteroatoms. The first kappa shape index (κ1) is 16.8. The highest BCUT2D eigenvalue weighted by Gasteiger charge is 2.28. The number of benzene rings is 2. The monoisotopic (exact) mass is 359 g/mol. The highest BCUT2D eigenvalue weighted by Crippen LogP contribution is 2.25. The fourth-order valence-corrected chi connectivity index (χ4v) is 3.17. The minimum Gasteiger partial charge on any atom is -0.342 e. The molecular formula is C21H17N3O3. The van der Waals surface area contributed by atoms with Gasteiger partial charge in [0, 0.05) is 29.2 Å². The zero-order chi connectivity index (χ0) is 19.0. The van der Waals surface area contributed by atoms with Gasteiger partial charge in [-0.25, -0.2) is 4.79 Å². The van der Waals surface area contributed by atoms with E-state index in [9.17, 15) is 14.4 Å². The maximum absolute atomic E-state index is 12.0. The Balaban J connectivity index is 1.77. The second kappa shape index (κ2) is 6.57. The molecule has 0 atom stereocenters. The van der Waals surface area contributed by atoms with Gasteiger partial charge in [-0.2, -0.15) is 0 Å². The van der Waals surface area contributed by atoms with E-state index in [0.717, 1.165) is 22.0 Å². The van der Waals surface area contributed by atoms with Crippen LogP contribution in [0.1, 0.15) is 16.7 Å². The summed E-state index contributed by atoms with van der Waals surface area (Å²) in [5, 5.41) is 5.12. The number of aryl methyl sites for hydroxylation is 1. The molecule has 27 heavy (non-hydrogen) atoms. The van der Waals surface area contributed by atoms with Crippen molar-refractivity contribution in [2.45, 2.75) is 13.5 Å². The highest BCUT2D eigenvalue weighted by molar-refractivity contribution is 6.31. The summed E-state index contributed by atoms with van der Waals surface area (Å²) < 4.78 is 2.08. The van der Waals surface area contributed by atoms with Crippen LogP contribution in [0.3, 0.4) is 0 Å². The van der Waals surface area contributed by atoms with E-state index >= 15 is 0 Å². The normalized spacial score (nSPS) is 14.3. The minimum atomic E-state index is -0.802. The van der Waals surface area contributed by atoms with Crippen LogP contribution in [0.25, 0.3) is 17.0 Å². The van der Waals surface area contributed by atoms with Gasteiger partial charge in [-0.3, -0.25) is 20.2 Å². The smallest absolute Gasteiger partial charge is 0.328 e. The Morgan fingerprint density at radius 3 is 2.30 bits per heavy atom. The number of hydrogen-bond donors (Lipinski definition) is 2. The lowest BCUT2D eigenvalue weighted by Gasteiger charge is -2.13. The third-order valence-electron chi connectivity index (χ3n) is 4.54. The van der Waals surface area contributed by atoms with Crippen molar-refractivity contribution in [3.05, 3.63) is 77.0 Å². The van der Waals surface area contributed by atoms with Gasteiger partial charge in [0.1, 0.15) is 5.57 Å². The number of fused-ring (bicyclic) bond motifs is 1. The Hall–Kier alpha value is -3.67. The van der Waals surface area contributed by atoms with Crippen LogP contribution in [-0.4, -0.2) is 22.4 Å². The van der Waals surface area contributed by atoms with Crippen molar-refractivity contribution in [2.24, 2.45) is 0 Å². The highest BCUT2D eigenvalue weighted by atomic mass is 16.2. The van der Waals surface area contributed by atoms with Crippen LogP contribution in [-0.2, 0) is 16.1 Å². The lowest BCUT2D eigenvalue weighted by Crippen LogP contribution is -2.51. The van der Waals surface area contributed by atoms with Crippen molar-refractivity contribution >= 4 is 34.8 Å². The molecule has 1 fully saturated rings. The molecule has 1 aliphatic rings. The van der Waals surface area contributed by atoms with Crippen LogP contribution in [0, 0.1) is 6.92 Å². The third-order valence-corrected chi connectivity index (χ3v) is 4.54. The molecule has 6 nitrogen and oxygen atoms in total. The topological polar surface area (TPSA) is 80.2 Å². The molecule has 4 rings (SSSR count). The van der Waals surface area contributed by atoms with Gasteiger partial charge < -0.3 is 4.57 Å². The largest absolute Gasteiger partial charge is 0.342 e. The van der Waals surface area contributed by atoms with Crippen LogP contribution < -0.4 is 10.6 Å². The molecule has 0 saturated carbocycles. The van der Waals surface area contributed by atoms with Crippen molar-refractivity contribution < 1.29 is 14.4 Å². The van der Waals surface area contributed by atoms with Crippen molar-refractivity contribution in [3.8, 4) is 0 Å². The third kappa shape index (κ3) is 3.25. The molecule has 3 aromatic rings. The maximum Gasteiger partial charge on any atom is 0.328 e. The molecule has 1 aromatic heterocycles. The number of aromatic nitrogens is 1. The molecule has 2 heterocycles. The van der Waals surface area contributed by atoms with Gasteiger partial charge in [0.05, 0.1) is 0 Å². The van der Waals surface area contributed by atoms with Crippen molar-refractivity contribution in [1.82, 2.24) is 15.2 Å². The van der Waals surface area contributed by atoms with Crippen molar-refractivity contribution in [2.75, 3.05) is 0 Å². The fraction of sp³-hybridized carbons (Fsp3) is 0.0952. The standard InChI is InChI=1S/C21H17N3O3/c1-13-6-8-14(9-7-13)11-24-12-15(16-4-2-3-5-18(16)24)10-17-19(25)22-21(27)23-20(17)26/h2-10,12H,11H2,1H3,(H2,22,23,25,26,27). The fourth-order valence-electron chi connectivity index (χ4n) is 3.17. The molecule has 4 amide bonds. The number of nitrogens with zero attached hydrogens (tertiary/aromatic N) is 1. The number of barbiturate groups is 1.